The highest BCUT2D eigenvalue weighted by Crippen LogP contribution is 2.17. The van der Waals surface area contributed by atoms with Gasteiger partial charge in [-0.15, -0.1) is 0 Å². The number of carbonyl (C=O) groups is 3. The lowest BCUT2D eigenvalue weighted by molar-refractivity contribution is -0.149. The van der Waals surface area contributed by atoms with E-state index in [0.29, 0.717) is 18.2 Å². The summed E-state index contributed by atoms with van der Waals surface area (Å²) < 4.78 is 4.96. The third-order valence-corrected chi connectivity index (χ3v) is 4.92. The number of esters is 1. The number of ether oxygens (including phenoxy) is 1. The molecular formula is C19H26N2O4S. The van der Waals surface area contributed by atoms with E-state index >= 15 is 0 Å². The minimum absolute atomic E-state index is 0.105. The first kappa shape index (κ1) is 20.3. The van der Waals surface area contributed by atoms with E-state index in [1.165, 1.54) is 22.2 Å². The van der Waals surface area contributed by atoms with E-state index in [2.05, 4.69) is 31.3 Å². The minimum atomic E-state index is -0.568. The molecule has 7 heteroatoms. The van der Waals surface area contributed by atoms with Crippen LogP contribution in [0.2, 0.25) is 0 Å². The number of thioether (sulfide) groups is 1. The second-order valence-electron chi connectivity index (χ2n) is 6.83. The number of carbonyl (C=O) groups excluding carboxylic acids is 3. The van der Waals surface area contributed by atoms with Gasteiger partial charge >= 0.3 is 5.97 Å². The van der Waals surface area contributed by atoms with Gasteiger partial charge in [0.1, 0.15) is 6.54 Å². The summed E-state index contributed by atoms with van der Waals surface area (Å²) in [6.07, 6.45) is 1.02. The summed E-state index contributed by atoms with van der Waals surface area (Å²) in [5.74, 6) is 0.350. The molecule has 142 valence electrons. The van der Waals surface area contributed by atoms with E-state index in [1.807, 2.05) is 19.1 Å². The largest absolute Gasteiger partial charge is 0.454 e. The number of nitrogens with one attached hydrogen (secondary N) is 1. The molecule has 0 saturated carbocycles. The van der Waals surface area contributed by atoms with Crippen molar-refractivity contribution in [2.75, 3.05) is 25.4 Å². The van der Waals surface area contributed by atoms with E-state index in [1.54, 1.807) is 0 Å². The van der Waals surface area contributed by atoms with Gasteiger partial charge in [-0.05, 0) is 30.4 Å². The standard InChI is InChI=1S/C19H26N2O4S/c1-13(2)10-15-4-6-16(7-5-15)14(3)20-17(22)12-25-18(23)11-21-8-9-26-19(21)24/h4-7,13-14H,8-12H2,1-3H3,(H,20,22)/t14-/m0/s1. The molecule has 26 heavy (non-hydrogen) atoms. The molecule has 1 aliphatic heterocycles. The molecule has 0 bridgehead atoms. The maximum Gasteiger partial charge on any atom is 0.326 e. The van der Waals surface area contributed by atoms with Gasteiger partial charge in [-0.3, -0.25) is 14.4 Å². The minimum Gasteiger partial charge on any atom is -0.454 e. The fraction of sp³-hybridized carbons (Fsp3) is 0.526. The van der Waals surface area contributed by atoms with Crippen LogP contribution in [0.5, 0.6) is 0 Å². The smallest absolute Gasteiger partial charge is 0.326 e. The SMILES string of the molecule is CC(C)Cc1ccc([C@H](C)NC(=O)COC(=O)CN2CCSC2=O)cc1. The van der Waals surface area contributed by atoms with Crippen LogP contribution in [0.3, 0.4) is 0 Å². The molecule has 0 radical (unpaired) electrons. The molecule has 1 aromatic rings. The maximum absolute atomic E-state index is 12.0. The summed E-state index contributed by atoms with van der Waals surface area (Å²) in [4.78, 5) is 36.6. The van der Waals surface area contributed by atoms with Gasteiger partial charge in [-0.25, -0.2) is 0 Å². The summed E-state index contributed by atoms with van der Waals surface area (Å²) in [6, 6.07) is 7.98. The molecule has 1 N–H and O–H groups in total. The van der Waals surface area contributed by atoms with Crippen LogP contribution in [0.4, 0.5) is 4.79 Å². The zero-order chi connectivity index (χ0) is 19.1. The Kier molecular flexibility index (Phi) is 7.50. The molecule has 0 aliphatic carbocycles. The third-order valence-electron chi connectivity index (χ3n) is 4.03. The molecule has 2 amide bonds. The molecule has 0 spiro atoms. The Bertz CT molecular complexity index is 645. The van der Waals surface area contributed by atoms with Crippen LogP contribution < -0.4 is 5.32 Å². The monoisotopic (exact) mass is 378 g/mol. The number of hydrogen-bond donors (Lipinski definition) is 1. The van der Waals surface area contributed by atoms with Crippen molar-refractivity contribution in [2.24, 2.45) is 5.92 Å². The molecule has 0 aromatic heterocycles. The van der Waals surface area contributed by atoms with Crippen LogP contribution in [0.1, 0.15) is 37.9 Å². The third kappa shape index (κ3) is 6.37. The maximum atomic E-state index is 12.0. The normalized spacial score (nSPS) is 15.2. The lowest BCUT2D eigenvalue weighted by Crippen LogP contribution is -2.35. The Hall–Kier alpha value is -2.02. The fourth-order valence-electron chi connectivity index (χ4n) is 2.70. The Morgan fingerprint density at radius 1 is 1.23 bits per heavy atom. The summed E-state index contributed by atoms with van der Waals surface area (Å²) in [5.41, 5.74) is 2.27. The van der Waals surface area contributed by atoms with Gasteiger partial charge in [0.15, 0.2) is 6.61 Å². The number of hydrogen-bond acceptors (Lipinski definition) is 5. The predicted octanol–water partition coefficient (Wildman–Crippen LogP) is 2.77. The molecule has 0 unspecified atom stereocenters. The van der Waals surface area contributed by atoms with E-state index in [-0.39, 0.29) is 30.3 Å². The van der Waals surface area contributed by atoms with Crippen LogP contribution in [0, 0.1) is 5.92 Å². The van der Waals surface area contributed by atoms with Crippen LogP contribution in [-0.4, -0.2) is 47.5 Å². The first-order chi connectivity index (χ1) is 12.3. The van der Waals surface area contributed by atoms with E-state index < -0.39 is 5.97 Å². The van der Waals surface area contributed by atoms with Crippen LogP contribution in [0.25, 0.3) is 0 Å². The molecule has 1 aliphatic rings. The van der Waals surface area contributed by atoms with Crippen LogP contribution in [0.15, 0.2) is 24.3 Å². The first-order valence-corrected chi connectivity index (χ1v) is 9.79. The van der Waals surface area contributed by atoms with Crippen molar-refractivity contribution in [1.82, 2.24) is 10.2 Å². The summed E-state index contributed by atoms with van der Waals surface area (Å²) in [7, 11) is 0. The molecular weight excluding hydrogens is 352 g/mol. The molecule has 1 saturated heterocycles. The van der Waals surface area contributed by atoms with E-state index in [0.717, 1.165) is 12.0 Å². The van der Waals surface area contributed by atoms with Crippen molar-refractivity contribution in [1.29, 1.82) is 0 Å². The number of benzene rings is 1. The zero-order valence-corrected chi connectivity index (χ0v) is 16.3. The van der Waals surface area contributed by atoms with Crippen molar-refractivity contribution in [3.05, 3.63) is 35.4 Å². The van der Waals surface area contributed by atoms with Gasteiger partial charge < -0.3 is 15.0 Å². The van der Waals surface area contributed by atoms with Crippen molar-refractivity contribution < 1.29 is 19.1 Å². The Morgan fingerprint density at radius 2 is 1.92 bits per heavy atom. The van der Waals surface area contributed by atoms with Gasteiger partial charge in [0.25, 0.3) is 11.1 Å². The number of amides is 2. The van der Waals surface area contributed by atoms with Gasteiger partial charge in [0.2, 0.25) is 0 Å². The topological polar surface area (TPSA) is 75.7 Å². The molecule has 1 heterocycles. The van der Waals surface area contributed by atoms with Crippen molar-refractivity contribution >= 4 is 28.9 Å². The second-order valence-corrected chi connectivity index (χ2v) is 7.87. The summed E-state index contributed by atoms with van der Waals surface area (Å²) in [5, 5.41) is 2.69. The number of nitrogens with zero attached hydrogens (tertiary/aromatic N) is 1. The summed E-state index contributed by atoms with van der Waals surface area (Å²) >= 11 is 1.18. The fourth-order valence-corrected chi connectivity index (χ4v) is 3.52. The average Bonchev–Trinajstić information content (AvgIpc) is 2.98. The molecule has 1 fully saturated rings. The average molecular weight is 378 g/mol. The molecule has 6 nitrogen and oxygen atoms in total. The lowest BCUT2D eigenvalue weighted by Gasteiger charge is -2.16. The van der Waals surface area contributed by atoms with Gasteiger partial charge in [0, 0.05) is 12.3 Å². The van der Waals surface area contributed by atoms with Gasteiger partial charge in [0.05, 0.1) is 6.04 Å². The highest BCUT2D eigenvalue weighted by Gasteiger charge is 2.24. The molecule has 1 aromatic carbocycles. The Labute approximate surface area is 158 Å². The highest BCUT2D eigenvalue weighted by atomic mass is 32.2. The van der Waals surface area contributed by atoms with E-state index in [4.69, 9.17) is 4.74 Å². The molecule has 1 atom stereocenters. The quantitative estimate of drug-likeness (QED) is 0.704. The lowest BCUT2D eigenvalue weighted by atomic mass is 10.00. The van der Waals surface area contributed by atoms with Gasteiger partial charge in [-0.2, -0.15) is 0 Å². The van der Waals surface area contributed by atoms with Crippen molar-refractivity contribution in [3.8, 4) is 0 Å². The first-order valence-electron chi connectivity index (χ1n) is 8.80. The highest BCUT2D eigenvalue weighted by molar-refractivity contribution is 8.13. The zero-order valence-electron chi connectivity index (χ0n) is 15.5. The van der Waals surface area contributed by atoms with Crippen molar-refractivity contribution in [3.63, 3.8) is 0 Å². The predicted molar refractivity (Wildman–Crippen MR) is 102 cm³/mol. The van der Waals surface area contributed by atoms with Crippen molar-refractivity contribution in [2.45, 2.75) is 33.2 Å². The number of rotatable bonds is 8. The molecule has 2 rings (SSSR count). The van der Waals surface area contributed by atoms with Crippen LogP contribution >= 0.6 is 11.8 Å². The Balaban J connectivity index is 1.74. The van der Waals surface area contributed by atoms with E-state index in [9.17, 15) is 14.4 Å². The van der Waals surface area contributed by atoms with Crippen LogP contribution in [-0.2, 0) is 20.7 Å². The summed E-state index contributed by atoms with van der Waals surface area (Å²) in [6.45, 7) is 6.33. The second kappa shape index (κ2) is 9.62. The van der Waals surface area contributed by atoms with Gasteiger partial charge in [-0.1, -0.05) is 49.9 Å². The Morgan fingerprint density at radius 3 is 2.50 bits per heavy atom.